The van der Waals surface area contributed by atoms with Gasteiger partial charge in [-0.15, -0.1) is 0 Å². The highest BCUT2D eigenvalue weighted by Crippen LogP contribution is 2.25. The lowest BCUT2D eigenvalue weighted by atomic mass is 10.1. The molecule has 0 unspecified atom stereocenters. The van der Waals surface area contributed by atoms with Gasteiger partial charge in [-0.3, -0.25) is 4.79 Å². The molecule has 0 aliphatic heterocycles. The van der Waals surface area contributed by atoms with Crippen LogP contribution in [0.25, 0.3) is 0 Å². The summed E-state index contributed by atoms with van der Waals surface area (Å²) in [6.07, 6.45) is 2.03. The second-order valence-corrected chi connectivity index (χ2v) is 5.64. The summed E-state index contributed by atoms with van der Waals surface area (Å²) in [5.41, 5.74) is 2.71. The van der Waals surface area contributed by atoms with E-state index in [0.29, 0.717) is 31.0 Å². The van der Waals surface area contributed by atoms with E-state index in [-0.39, 0.29) is 11.9 Å². The number of hydrogen-bond donors (Lipinski definition) is 0. The number of esters is 1. The van der Waals surface area contributed by atoms with Gasteiger partial charge < -0.3 is 14.2 Å². The summed E-state index contributed by atoms with van der Waals surface area (Å²) in [6.45, 7) is 14.0. The molecule has 0 spiro atoms. The maximum absolute atomic E-state index is 12.9. The van der Waals surface area contributed by atoms with E-state index in [1.54, 1.807) is 6.92 Å². The first-order chi connectivity index (χ1) is 10.9. The first kappa shape index (κ1) is 19.3. The lowest BCUT2D eigenvalue weighted by Gasteiger charge is -2.21. The molecule has 5 heteroatoms. The van der Waals surface area contributed by atoms with E-state index < -0.39 is 0 Å². The molecule has 0 atom stereocenters. The maximum Gasteiger partial charge on any atom is 0.355 e. The molecule has 5 nitrogen and oxygen atoms in total. The van der Waals surface area contributed by atoms with E-state index in [1.165, 1.54) is 0 Å². The Kier molecular flexibility index (Phi) is 7.33. The van der Waals surface area contributed by atoms with Gasteiger partial charge in [-0.05, 0) is 46.6 Å². The fraction of sp³-hybridized carbons (Fsp3) is 0.667. The van der Waals surface area contributed by atoms with Gasteiger partial charge in [0, 0.05) is 25.3 Å². The van der Waals surface area contributed by atoms with Crippen molar-refractivity contribution in [3.8, 4) is 0 Å². The summed E-state index contributed by atoms with van der Waals surface area (Å²) in [4.78, 5) is 27.1. The van der Waals surface area contributed by atoms with E-state index in [4.69, 9.17) is 4.74 Å². The van der Waals surface area contributed by atoms with Crippen LogP contribution in [0.15, 0.2) is 0 Å². The van der Waals surface area contributed by atoms with Crippen molar-refractivity contribution in [3.05, 3.63) is 22.5 Å². The Hall–Kier alpha value is -1.78. The van der Waals surface area contributed by atoms with Gasteiger partial charge in [0.25, 0.3) is 5.91 Å². The zero-order valence-corrected chi connectivity index (χ0v) is 15.4. The van der Waals surface area contributed by atoms with Crippen molar-refractivity contribution in [2.24, 2.45) is 0 Å². The van der Waals surface area contributed by atoms with E-state index in [0.717, 1.165) is 30.6 Å². The van der Waals surface area contributed by atoms with Crippen LogP contribution in [0.1, 0.15) is 72.6 Å². The summed E-state index contributed by atoms with van der Waals surface area (Å²) in [7, 11) is 0. The number of hydrogen-bond acceptors (Lipinski definition) is 3. The zero-order valence-electron chi connectivity index (χ0n) is 15.4. The summed E-state index contributed by atoms with van der Waals surface area (Å²) in [6, 6.07) is 0. The lowest BCUT2D eigenvalue weighted by molar-refractivity contribution is 0.0512. The molecule has 0 saturated heterocycles. The van der Waals surface area contributed by atoms with Crippen LogP contribution in [0, 0.1) is 13.8 Å². The van der Waals surface area contributed by atoms with E-state index in [9.17, 15) is 9.59 Å². The molecule has 23 heavy (non-hydrogen) atoms. The lowest BCUT2D eigenvalue weighted by Crippen LogP contribution is -2.32. The van der Waals surface area contributed by atoms with Crippen molar-refractivity contribution in [1.29, 1.82) is 0 Å². The number of nitrogens with zero attached hydrogens (tertiary/aromatic N) is 2. The number of carbonyl (C=O) groups excluding carboxylic acids is 2. The second-order valence-electron chi connectivity index (χ2n) is 5.64. The van der Waals surface area contributed by atoms with Crippen molar-refractivity contribution in [2.75, 3.05) is 19.7 Å². The smallest absolute Gasteiger partial charge is 0.355 e. The molecule has 0 aliphatic carbocycles. The van der Waals surface area contributed by atoms with Crippen LogP contribution in [0.4, 0.5) is 0 Å². The second kappa shape index (κ2) is 8.75. The van der Waals surface area contributed by atoms with Gasteiger partial charge in [-0.25, -0.2) is 4.79 Å². The van der Waals surface area contributed by atoms with Gasteiger partial charge in [-0.2, -0.15) is 0 Å². The Bertz CT molecular complexity index is 561. The van der Waals surface area contributed by atoms with Gasteiger partial charge in [0.05, 0.1) is 12.2 Å². The fourth-order valence-corrected chi connectivity index (χ4v) is 2.98. The number of rotatable bonds is 8. The average Bonchev–Trinajstić information content (AvgIpc) is 2.78. The Morgan fingerprint density at radius 3 is 2.26 bits per heavy atom. The van der Waals surface area contributed by atoms with E-state index in [2.05, 4.69) is 6.92 Å². The van der Waals surface area contributed by atoms with Gasteiger partial charge in [0.2, 0.25) is 0 Å². The number of unbranched alkanes of at least 4 members (excludes halogenated alkanes) is 1. The van der Waals surface area contributed by atoms with Gasteiger partial charge in [0.1, 0.15) is 5.69 Å². The normalized spacial score (nSPS) is 10.7. The summed E-state index contributed by atoms with van der Waals surface area (Å²) >= 11 is 0. The van der Waals surface area contributed by atoms with Gasteiger partial charge in [0.15, 0.2) is 0 Å². The van der Waals surface area contributed by atoms with Crippen LogP contribution in [0.2, 0.25) is 0 Å². The fourth-order valence-electron chi connectivity index (χ4n) is 2.98. The molecule has 0 saturated carbocycles. The standard InChI is InChI=1S/C18H30N2O3/c1-7-11-12-19(8-2)17(21)15-13(5)16(18(22)23-10-4)20(9-3)14(15)6/h7-12H2,1-6H3. The molecule has 0 N–H and O–H groups in total. The maximum atomic E-state index is 12.9. The van der Waals surface area contributed by atoms with Crippen LogP contribution in [0.5, 0.6) is 0 Å². The minimum atomic E-state index is -0.356. The Morgan fingerprint density at radius 2 is 1.78 bits per heavy atom. The van der Waals surface area contributed by atoms with Crippen LogP contribution in [0.3, 0.4) is 0 Å². The van der Waals surface area contributed by atoms with Crippen LogP contribution < -0.4 is 0 Å². The van der Waals surface area contributed by atoms with Crippen molar-refractivity contribution >= 4 is 11.9 Å². The molecule has 1 amide bonds. The third-order valence-electron chi connectivity index (χ3n) is 4.22. The first-order valence-corrected chi connectivity index (χ1v) is 8.60. The molecule has 0 aliphatic rings. The summed E-state index contributed by atoms with van der Waals surface area (Å²) in [5, 5.41) is 0. The molecule has 0 aromatic carbocycles. The third kappa shape index (κ3) is 3.95. The van der Waals surface area contributed by atoms with Crippen molar-refractivity contribution in [1.82, 2.24) is 9.47 Å². The van der Waals surface area contributed by atoms with Crippen LogP contribution in [-0.2, 0) is 11.3 Å². The average molecular weight is 322 g/mol. The molecular weight excluding hydrogens is 292 g/mol. The molecule has 1 rings (SSSR count). The SMILES string of the molecule is CCCCN(CC)C(=O)c1c(C)c(C(=O)OCC)n(CC)c1C. The largest absolute Gasteiger partial charge is 0.461 e. The Balaban J connectivity index is 3.31. The molecule has 1 heterocycles. The number of amides is 1. The summed E-state index contributed by atoms with van der Waals surface area (Å²) in [5.74, 6) is -0.348. The third-order valence-corrected chi connectivity index (χ3v) is 4.22. The summed E-state index contributed by atoms with van der Waals surface area (Å²) < 4.78 is 7.05. The zero-order chi connectivity index (χ0) is 17.6. The predicted octanol–water partition coefficient (Wildman–Crippen LogP) is 3.56. The highest BCUT2D eigenvalue weighted by molar-refractivity contribution is 6.01. The van der Waals surface area contributed by atoms with Crippen molar-refractivity contribution in [3.63, 3.8) is 0 Å². The quantitative estimate of drug-likeness (QED) is 0.688. The predicted molar refractivity (Wildman–Crippen MR) is 92.0 cm³/mol. The highest BCUT2D eigenvalue weighted by Gasteiger charge is 2.28. The van der Waals surface area contributed by atoms with Gasteiger partial charge >= 0.3 is 5.97 Å². The van der Waals surface area contributed by atoms with E-state index in [1.807, 2.05) is 37.2 Å². The van der Waals surface area contributed by atoms with Crippen LogP contribution >= 0.6 is 0 Å². The monoisotopic (exact) mass is 322 g/mol. The molecule has 1 aromatic heterocycles. The molecular formula is C18H30N2O3. The first-order valence-electron chi connectivity index (χ1n) is 8.60. The minimum absolute atomic E-state index is 0.00805. The van der Waals surface area contributed by atoms with Crippen molar-refractivity contribution < 1.29 is 14.3 Å². The number of ether oxygens (including phenoxy) is 1. The number of aromatic nitrogens is 1. The van der Waals surface area contributed by atoms with E-state index >= 15 is 0 Å². The molecule has 0 radical (unpaired) electrons. The van der Waals surface area contributed by atoms with Crippen molar-refractivity contribution in [2.45, 2.75) is 60.9 Å². The number of carbonyl (C=O) groups is 2. The minimum Gasteiger partial charge on any atom is -0.461 e. The topological polar surface area (TPSA) is 51.5 Å². The Labute approximate surface area is 139 Å². The van der Waals surface area contributed by atoms with Gasteiger partial charge in [-0.1, -0.05) is 13.3 Å². The Morgan fingerprint density at radius 1 is 1.13 bits per heavy atom. The molecule has 0 bridgehead atoms. The highest BCUT2D eigenvalue weighted by atomic mass is 16.5. The molecule has 130 valence electrons. The molecule has 0 fully saturated rings. The molecule has 1 aromatic rings. The van der Waals surface area contributed by atoms with Crippen LogP contribution in [-0.4, -0.2) is 41.0 Å².